The molecule has 6 nitrogen and oxygen atoms in total. The zero-order valence-corrected chi connectivity index (χ0v) is 55.5. The van der Waals surface area contributed by atoms with E-state index in [-0.39, 0.29) is 31.1 Å². The van der Waals surface area contributed by atoms with Crippen LogP contribution in [0.15, 0.2) is 36.5 Å². The van der Waals surface area contributed by atoms with Gasteiger partial charge < -0.3 is 14.2 Å². The Morgan fingerprint density at radius 3 is 0.695 bits per heavy atom. The van der Waals surface area contributed by atoms with E-state index in [9.17, 15) is 14.4 Å². The third-order valence-electron chi connectivity index (χ3n) is 16.9. The van der Waals surface area contributed by atoms with Gasteiger partial charge >= 0.3 is 17.9 Å². The number of hydrogen-bond donors (Lipinski definition) is 0. The maximum atomic E-state index is 13.0. The summed E-state index contributed by atoms with van der Waals surface area (Å²) in [7, 11) is 0. The van der Waals surface area contributed by atoms with Crippen LogP contribution in [-0.4, -0.2) is 37.2 Å². The van der Waals surface area contributed by atoms with Crippen LogP contribution in [0.3, 0.4) is 0 Å². The Bertz CT molecular complexity index is 1370. The largest absolute Gasteiger partial charge is 0.462 e. The Labute approximate surface area is 512 Å². The number of ether oxygens (including phenoxy) is 3. The van der Waals surface area contributed by atoms with Crippen molar-refractivity contribution >= 4 is 17.9 Å². The first-order valence-electron chi connectivity index (χ1n) is 37.0. The van der Waals surface area contributed by atoms with Gasteiger partial charge in [0.2, 0.25) is 0 Å². The molecular formula is C76H142O6. The molecule has 0 amide bonds. The van der Waals surface area contributed by atoms with Crippen LogP contribution >= 0.6 is 0 Å². The summed E-state index contributed by atoms with van der Waals surface area (Å²) in [5.41, 5.74) is 0. The van der Waals surface area contributed by atoms with Gasteiger partial charge in [0.25, 0.3) is 0 Å². The van der Waals surface area contributed by atoms with Crippen LogP contribution in [0.25, 0.3) is 0 Å². The first kappa shape index (κ1) is 79.6. The number of hydrogen-bond acceptors (Lipinski definition) is 6. The van der Waals surface area contributed by atoms with Crippen LogP contribution in [-0.2, 0) is 28.6 Å². The van der Waals surface area contributed by atoms with Gasteiger partial charge in [-0.15, -0.1) is 0 Å². The summed E-state index contributed by atoms with van der Waals surface area (Å²) >= 11 is 0. The molecule has 0 radical (unpaired) electrons. The van der Waals surface area contributed by atoms with Crippen molar-refractivity contribution in [1.29, 1.82) is 0 Å². The molecule has 1 unspecified atom stereocenters. The van der Waals surface area contributed by atoms with E-state index in [1.807, 2.05) is 0 Å². The molecule has 0 aromatic heterocycles. The molecule has 0 rings (SSSR count). The lowest BCUT2D eigenvalue weighted by Crippen LogP contribution is -2.30. The van der Waals surface area contributed by atoms with E-state index in [0.29, 0.717) is 19.3 Å². The van der Waals surface area contributed by atoms with E-state index in [2.05, 4.69) is 57.2 Å². The van der Waals surface area contributed by atoms with Gasteiger partial charge in [-0.3, -0.25) is 14.4 Å². The van der Waals surface area contributed by atoms with E-state index >= 15 is 0 Å². The number of esters is 3. The Morgan fingerprint density at radius 2 is 0.439 bits per heavy atom. The highest BCUT2D eigenvalue weighted by Crippen LogP contribution is 2.19. The van der Waals surface area contributed by atoms with E-state index < -0.39 is 6.10 Å². The van der Waals surface area contributed by atoms with Crippen LogP contribution < -0.4 is 0 Å². The summed E-state index contributed by atoms with van der Waals surface area (Å²) in [5, 5.41) is 0. The Balaban J connectivity index is 4.19. The molecule has 0 N–H and O–H groups in total. The zero-order chi connectivity index (χ0) is 59.2. The number of unbranched alkanes of at least 4 members (excludes halogenated alkanes) is 52. The third kappa shape index (κ3) is 68.4. The maximum Gasteiger partial charge on any atom is 0.306 e. The molecule has 1 atom stereocenters. The first-order valence-corrected chi connectivity index (χ1v) is 37.0. The summed E-state index contributed by atoms with van der Waals surface area (Å²) in [4.78, 5) is 38.5. The Kier molecular flexibility index (Phi) is 69.1. The normalized spacial score (nSPS) is 12.2. The zero-order valence-electron chi connectivity index (χ0n) is 55.5. The maximum absolute atomic E-state index is 13.0. The SMILES string of the molecule is CCCCCC/C=C\CCCCCCCC(=O)OCC(COC(=O)CCCCCCCCCCCCCCCCCCCCCCCCCCCCCC)OC(=O)CCCCCCCCCCCCC/C=C\C/C=C\CCCCCCC. The molecule has 0 heterocycles. The average Bonchev–Trinajstić information content (AvgIpc) is 3.47. The molecule has 0 aliphatic carbocycles. The van der Waals surface area contributed by atoms with Gasteiger partial charge in [0.1, 0.15) is 13.2 Å². The fourth-order valence-electron chi connectivity index (χ4n) is 11.3. The summed E-state index contributed by atoms with van der Waals surface area (Å²) < 4.78 is 17.0. The number of allylic oxidation sites excluding steroid dienone is 6. The lowest BCUT2D eigenvalue weighted by atomic mass is 10.0. The van der Waals surface area contributed by atoms with Crippen molar-refractivity contribution < 1.29 is 28.6 Å². The number of rotatable bonds is 69. The van der Waals surface area contributed by atoms with Gasteiger partial charge in [-0.2, -0.15) is 0 Å². The van der Waals surface area contributed by atoms with Crippen LogP contribution in [0.5, 0.6) is 0 Å². The van der Waals surface area contributed by atoms with E-state index in [4.69, 9.17) is 14.2 Å². The van der Waals surface area contributed by atoms with E-state index in [0.717, 1.165) is 70.6 Å². The second-order valence-electron chi connectivity index (χ2n) is 25.2. The predicted octanol–water partition coefficient (Wildman–Crippen LogP) is 25.5. The fraction of sp³-hybridized carbons (Fsp3) is 0.882. The molecule has 0 fully saturated rings. The summed E-state index contributed by atoms with van der Waals surface area (Å²) in [6, 6.07) is 0. The number of carbonyl (C=O) groups excluding carboxylic acids is 3. The standard InChI is InChI=1S/C76H142O6/c1-4-7-10-13-16-19-22-25-27-29-31-33-35-36-37-38-39-41-42-44-46-48-51-54-57-60-63-66-69-75(78)81-72-73(71-80-74(77)68-65-62-59-56-53-50-24-21-18-15-12-9-6-3)82-76(79)70-67-64-61-58-55-52-49-47-45-43-40-34-32-30-28-26-23-20-17-14-11-8-5-2/h21,23-24,26,30,32,73H,4-20,22,25,27-29,31,33-72H2,1-3H3/b24-21-,26-23-,32-30-. The lowest BCUT2D eigenvalue weighted by Gasteiger charge is -2.18. The summed E-state index contributed by atoms with van der Waals surface area (Å²) in [5.74, 6) is -0.852. The van der Waals surface area contributed by atoms with Crippen LogP contribution in [0.2, 0.25) is 0 Å². The smallest absolute Gasteiger partial charge is 0.306 e. The Hall–Kier alpha value is -2.37. The monoisotopic (exact) mass is 1150 g/mol. The molecule has 0 aromatic carbocycles. The van der Waals surface area contributed by atoms with E-state index in [1.54, 1.807) is 0 Å². The third-order valence-corrected chi connectivity index (χ3v) is 16.9. The summed E-state index contributed by atoms with van der Waals surface area (Å²) in [6.07, 6.45) is 89.0. The van der Waals surface area contributed by atoms with Crippen molar-refractivity contribution in [1.82, 2.24) is 0 Å². The highest BCUT2D eigenvalue weighted by molar-refractivity contribution is 5.71. The first-order chi connectivity index (χ1) is 40.5. The molecule has 6 heteroatoms. The molecule has 0 saturated carbocycles. The van der Waals surface area contributed by atoms with Gasteiger partial charge in [0.15, 0.2) is 6.10 Å². The van der Waals surface area contributed by atoms with Crippen molar-refractivity contribution in [3.63, 3.8) is 0 Å². The minimum atomic E-state index is -0.776. The van der Waals surface area contributed by atoms with Crippen LogP contribution in [0.4, 0.5) is 0 Å². The van der Waals surface area contributed by atoms with Crippen LogP contribution in [0.1, 0.15) is 412 Å². The molecule has 0 aliphatic rings. The van der Waals surface area contributed by atoms with E-state index in [1.165, 1.54) is 302 Å². The molecule has 0 aromatic rings. The molecule has 0 saturated heterocycles. The van der Waals surface area contributed by atoms with Crippen molar-refractivity contribution in [2.24, 2.45) is 0 Å². The van der Waals surface area contributed by atoms with Crippen molar-refractivity contribution in [2.45, 2.75) is 419 Å². The quantitative estimate of drug-likeness (QED) is 0.0261. The second-order valence-corrected chi connectivity index (χ2v) is 25.2. The topological polar surface area (TPSA) is 78.9 Å². The van der Waals surface area contributed by atoms with Gasteiger partial charge in [-0.25, -0.2) is 0 Å². The molecular weight excluding hydrogens is 1010 g/mol. The number of carbonyl (C=O) groups is 3. The minimum absolute atomic E-state index is 0.0706. The molecule has 82 heavy (non-hydrogen) atoms. The van der Waals surface area contributed by atoms with Gasteiger partial charge in [0, 0.05) is 19.3 Å². The van der Waals surface area contributed by atoms with Gasteiger partial charge in [-0.1, -0.05) is 353 Å². The molecule has 482 valence electrons. The Morgan fingerprint density at radius 1 is 0.244 bits per heavy atom. The molecule has 0 bridgehead atoms. The van der Waals surface area contributed by atoms with Crippen molar-refractivity contribution in [3.8, 4) is 0 Å². The molecule has 0 aliphatic heterocycles. The van der Waals surface area contributed by atoms with Crippen molar-refractivity contribution in [2.75, 3.05) is 13.2 Å². The van der Waals surface area contributed by atoms with Gasteiger partial charge in [-0.05, 0) is 77.0 Å². The van der Waals surface area contributed by atoms with Crippen molar-refractivity contribution in [3.05, 3.63) is 36.5 Å². The highest BCUT2D eigenvalue weighted by Gasteiger charge is 2.19. The fourth-order valence-corrected chi connectivity index (χ4v) is 11.3. The highest BCUT2D eigenvalue weighted by atomic mass is 16.6. The lowest BCUT2D eigenvalue weighted by molar-refractivity contribution is -0.167. The van der Waals surface area contributed by atoms with Gasteiger partial charge in [0.05, 0.1) is 0 Å². The molecule has 0 spiro atoms. The summed E-state index contributed by atoms with van der Waals surface area (Å²) in [6.45, 7) is 6.68. The predicted molar refractivity (Wildman–Crippen MR) is 358 cm³/mol. The average molecular weight is 1150 g/mol. The van der Waals surface area contributed by atoms with Crippen LogP contribution in [0, 0.1) is 0 Å². The second kappa shape index (κ2) is 71.1. The minimum Gasteiger partial charge on any atom is -0.462 e.